The first kappa shape index (κ1) is 25.9. The standard InChI is InChI=1S/C23H28F3NO4S/c1-5-31-22(28)20(14-15(2)3)27-21(23(24,25)26)18-8-6-16(7-9-18)17-10-12-19(13-11-17)32(4,29)30/h6-13,15,20-21,27H,5,14H2,1-4H3. The molecule has 0 saturated carbocycles. The lowest BCUT2D eigenvalue weighted by molar-refractivity contribution is -0.165. The maximum atomic E-state index is 13.9. The molecular formula is C23H28F3NO4S. The number of esters is 1. The fourth-order valence-electron chi connectivity index (χ4n) is 3.29. The Kier molecular flexibility index (Phi) is 8.47. The molecule has 32 heavy (non-hydrogen) atoms. The topological polar surface area (TPSA) is 72.5 Å². The number of hydrogen-bond acceptors (Lipinski definition) is 5. The van der Waals surface area contributed by atoms with Gasteiger partial charge in [0.25, 0.3) is 0 Å². The van der Waals surface area contributed by atoms with E-state index in [4.69, 9.17) is 4.74 Å². The van der Waals surface area contributed by atoms with E-state index in [0.29, 0.717) is 11.1 Å². The zero-order valence-corrected chi connectivity index (χ0v) is 19.3. The normalized spacial score (nSPS) is 14.2. The lowest BCUT2D eigenvalue weighted by Crippen LogP contribution is -2.46. The molecule has 2 atom stereocenters. The van der Waals surface area contributed by atoms with Crippen LogP contribution in [0.4, 0.5) is 13.2 Å². The van der Waals surface area contributed by atoms with Crippen LogP contribution in [-0.4, -0.2) is 39.5 Å². The maximum absolute atomic E-state index is 13.9. The summed E-state index contributed by atoms with van der Waals surface area (Å²) < 4.78 is 69.7. The van der Waals surface area contributed by atoms with Crippen LogP contribution in [0.1, 0.15) is 38.8 Å². The van der Waals surface area contributed by atoms with Crippen molar-refractivity contribution >= 4 is 15.8 Å². The van der Waals surface area contributed by atoms with Crippen molar-refractivity contribution in [2.45, 2.75) is 50.3 Å². The van der Waals surface area contributed by atoms with Gasteiger partial charge in [-0.2, -0.15) is 13.2 Å². The molecule has 9 heteroatoms. The molecule has 1 N–H and O–H groups in total. The number of carbonyl (C=O) groups excluding carboxylic acids is 1. The van der Waals surface area contributed by atoms with E-state index in [1.807, 2.05) is 13.8 Å². The van der Waals surface area contributed by atoms with Gasteiger partial charge < -0.3 is 4.74 Å². The average Bonchev–Trinajstić information content (AvgIpc) is 2.69. The van der Waals surface area contributed by atoms with E-state index in [-0.39, 0.29) is 29.4 Å². The molecule has 0 heterocycles. The second kappa shape index (κ2) is 10.5. The number of hydrogen-bond donors (Lipinski definition) is 1. The van der Waals surface area contributed by atoms with Crippen LogP contribution < -0.4 is 5.32 Å². The van der Waals surface area contributed by atoms with Crippen molar-refractivity contribution in [2.75, 3.05) is 12.9 Å². The molecule has 2 rings (SSSR count). The first-order valence-electron chi connectivity index (χ1n) is 10.2. The Morgan fingerprint density at radius 1 is 1.00 bits per heavy atom. The Bertz CT molecular complexity index is 1000. The van der Waals surface area contributed by atoms with Crippen LogP contribution in [0.3, 0.4) is 0 Å². The van der Waals surface area contributed by atoms with E-state index in [0.717, 1.165) is 6.26 Å². The van der Waals surface area contributed by atoms with Crippen LogP contribution in [0, 0.1) is 5.92 Å². The summed E-state index contributed by atoms with van der Waals surface area (Å²) >= 11 is 0. The highest BCUT2D eigenvalue weighted by Crippen LogP contribution is 2.35. The van der Waals surface area contributed by atoms with E-state index in [1.165, 1.54) is 36.4 Å². The minimum atomic E-state index is -4.62. The van der Waals surface area contributed by atoms with Crippen LogP contribution in [0.25, 0.3) is 11.1 Å². The number of halogens is 3. The lowest BCUT2D eigenvalue weighted by Gasteiger charge is -2.28. The van der Waals surface area contributed by atoms with Crippen molar-refractivity contribution in [1.82, 2.24) is 5.32 Å². The molecule has 0 bridgehead atoms. The summed E-state index contributed by atoms with van der Waals surface area (Å²) in [5.41, 5.74) is 1.27. The van der Waals surface area contributed by atoms with Gasteiger partial charge in [-0.25, -0.2) is 8.42 Å². The van der Waals surface area contributed by atoms with Gasteiger partial charge in [-0.15, -0.1) is 0 Å². The smallest absolute Gasteiger partial charge is 0.407 e. The zero-order chi connectivity index (χ0) is 24.1. The Morgan fingerprint density at radius 3 is 1.91 bits per heavy atom. The predicted octanol–water partition coefficient (Wildman–Crippen LogP) is 4.93. The van der Waals surface area contributed by atoms with Gasteiger partial charge in [-0.3, -0.25) is 10.1 Å². The summed E-state index contributed by atoms with van der Waals surface area (Å²) in [6.45, 7) is 5.33. The van der Waals surface area contributed by atoms with Crippen LogP contribution in [0.15, 0.2) is 53.4 Å². The second-order valence-electron chi connectivity index (χ2n) is 7.99. The average molecular weight is 472 g/mol. The lowest BCUT2D eigenvalue weighted by atomic mass is 9.98. The summed E-state index contributed by atoms with van der Waals surface area (Å²) in [4.78, 5) is 12.4. The molecule has 0 spiro atoms. The molecule has 0 aliphatic carbocycles. The molecular weight excluding hydrogens is 443 g/mol. The Morgan fingerprint density at radius 2 is 1.50 bits per heavy atom. The van der Waals surface area contributed by atoms with Crippen molar-refractivity contribution in [2.24, 2.45) is 5.92 Å². The van der Waals surface area contributed by atoms with Crippen LogP contribution in [-0.2, 0) is 19.4 Å². The van der Waals surface area contributed by atoms with E-state index in [2.05, 4.69) is 5.32 Å². The van der Waals surface area contributed by atoms with E-state index in [9.17, 15) is 26.4 Å². The molecule has 2 aromatic carbocycles. The third-order valence-corrected chi connectivity index (χ3v) is 5.96. The molecule has 0 saturated heterocycles. The molecule has 2 aromatic rings. The summed E-state index contributed by atoms with van der Waals surface area (Å²) in [6, 6.07) is 8.74. The number of rotatable bonds is 9. The van der Waals surface area contributed by atoms with Crippen molar-refractivity contribution in [3.63, 3.8) is 0 Å². The van der Waals surface area contributed by atoms with Gasteiger partial charge in [-0.1, -0.05) is 50.2 Å². The predicted molar refractivity (Wildman–Crippen MR) is 117 cm³/mol. The maximum Gasteiger partial charge on any atom is 0.407 e. The summed E-state index contributed by atoms with van der Waals surface area (Å²) in [6.07, 6.45) is -3.32. The summed E-state index contributed by atoms with van der Waals surface area (Å²) in [7, 11) is -3.34. The van der Waals surface area contributed by atoms with Crippen molar-refractivity contribution in [3.8, 4) is 11.1 Å². The number of carbonyl (C=O) groups is 1. The first-order valence-corrected chi connectivity index (χ1v) is 12.1. The second-order valence-corrected chi connectivity index (χ2v) is 10.0. The first-order chi connectivity index (χ1) is 14.8. The van der Waals surface area contributed by atoms with E-state index in [1.54, 1.807) is 19.1 Å². The third-order valence-electron chi connectivity index (χ3n) is 4.83. The Balaban J connectivity index is 2.31. The highest BCUT2D eigenvalue weighted by atomic mass is 32.2. The molecule has 0 aromatic heterocycles. The molecule has 0 radical (unpaired) electrons. The Hall–Kier alpha value is -2.39. The molecule has 0 amide bonds. The van der Waals surface area contributed by atoms with E-state index < -0.39 is 34.1 Å². The van der Waals surface area contributed by atoms with Crippen LogP contribution in [0.5, 0.6) is 0 Å². The van der Waals surface area contributed by atoms with E-state index >= 15 is 0 Å². The Labute approximate surface area is 186 Å². The van der Waals surface area contributed by atoms with Crippen LogP contribution in [0.2, 0.25) is 0 Å². The molecule has 0 fully saturated rings. The minimum absolute atomic E-state index is 0.0110. The van der Waals surface area contributed by atoms with Gasteiger partial charge >= 0.3 is 12.1 Å². The van der Waals surface area contributed by atoms with Crippen molar-refractivity contribution in [1.29, 1.82) is 0 Å². The fraction of sp³-hybridized carbons (Fsp3) is 0.435. The fourth-order valence-corrected chi connectivity index (χ4v) is 3.92. The summed E-state index contributed by atoms with van der Waals surface area (Å²) in [5.74, 6) is -0.721. The quantitative estimate of drug-likeness (QED) is 0.525. The SMILES string of the molecule is CCOC(=O)C(CC(C)C)NC(c1ccc(-c2ccc(S(C)(=O)=O)cc2)cc1)C(F)(F)F. The van der Waals surface area contributed by atoms with Crippen molar-refractivity contribution in [3.05, 3.63) is 54.1 Å². The number of sulfone groups is 1. The molecule has 5 nitrogen and oxygen atoms in total. The van der Waals surface area contributed by atoms with Crippen molar-refractivity contribution < 1.29 is 31.1 Å². The number of ether oxygens (including phenoxy) is 1. The number of nitrogens with one attached hydrogen (secondary N) is 1. The number of benzene rings is 2. The molecule has 0 aliphatic rings. The summed E-state index contributed by atoms with van der Waals surface area (Å²) in [5, 5.41) is 2.44. The third kappa shape index (κ3) is 7.06. The highest BCUT2D eigenvalue weighted by Gasteiger charge is 2.43. The van der Waals surface area contributed by atoms with Gasteiger partial charge in [0.15, 0.2) is 9.84 Å². The number of alkyl halides is 3. The minimum Gasteiger partial charge on any atom is -0.465 e. The van der Waals surface area contributed by atoms with Gasteiger partial charge in [0, 0.05) is 6.26 Å². The molecule has 176 valence electrons. The van der Waals surface area contributed by atoms with Gasteiger partial charge in [0.05, 0.1) is 11.5 Å². The molecule has 2 unspecified atom stereocenters. The molecule has 0 aliphatic heterocycles. The highest BCUT2D eigenvalue weighted by molar-refractivity contribution is 7.90. The van der Waals surface area contributed by atoms with Gasteiger partial charge in [-0.05, 0) is 48.1 Å². The monoisotopic (exact) mass is 471 g/mol. The van der Waals surface area contributed by atoms with Gasteiger partial charge in [0.2, 0.25) is 0 Å². The largest absolute Gasteiger partial charge is 0.465 e. The zero-order valence-electron chi connectivity index (χ0n) is 18.4. The van der Waals surface area contributed by atoms with Gasteiger partial charge in [0.1, 0.15) is 12.1 Å². The van der Waals surface area contributed by atoms with Crippen LogP contribution >= 0.6 is 0 Å².